The quantitative estimate of drug-likeness (QED) is 0.920. The van der Waals surface area contributed by atoms with Crippen LogP contribution in [0.15, 0.2) is 28.8 Å². The third-order valence-electron chi connectivity index (χ3n) is 3.76. The Labute approximate surface area is 124 Å². The van der Waals surface area contributed by atoms with E-state index in [0.29, 0.717) is 18.3 Å². The fourth-order valence-electron chi connectivity index (χ4n) is 2.76. The molecule has 1 atom stereocenters. The zero-order valence-electron chi connectivity index (χ0n) is 12.4. The largest absolute Gasteiger partial charge is 0.496 e. The van der Waals surface area contributed by atoms with E-state index in [0.717, 1.165) is 25.4 Å². The van der Waals surface area contributed by atoms with E-state index in [-0.39, 0.29) is 6.04 Å². The van der Waals surface area contributed by atoms with E-state index in [2.05, 4.69) is 26.4 Å². The standard InChI is InChI=1S/C15H20N4O2/c1-11-17-15(21-18-11)10-19-8-7-16-9-13(19)12-5-3-4-6-14(12)20-2/h3-6,13,16H,7-10H2,1-2H3. The Morgan fingerprint density at radius 3 is 3.05 bits per heavy atom. The summed E-state index contributed by atoms with van der Waals surface area (Å²) in [5.74, 6) is 2.25. The van der Waals surface area contributed by atoms with Crippen LogP contribution in [-0.4, -0.2) is 41.8 Å². The zero-order chi connectivity index (χ0) is 14.7. The number of methoxy groups -OCH3 is 1. The number of benzene rings is 1. The number of aryl methyl sites for hydroxylation is 1. The third kappa shape index (κ3) is 3.06. The molecule has 1 saturated heterocycles. The van der Waals surface area contributed by atoms with E-state index in [4.69, 9.17) is 9.26 Å². The van der Waals surface area contributed by atoms with Crippen LogP contribution in [0.1, 0.15) is 23.3 Å². The van der Waals surface area contributed by atoms with Gasteiger partial charge in [-0.1, -0.05) is 23.4 Å². The van der Waals surface area contributed by atoms with E-state index >= 15 is 0 Å². The monoisotopic (exact) mass is 288 g/mol. The fourth-order valence-corrected chi connectivity index (χ4v) is 2.76. The molecule has 1 aromatic carbocycles. The highest BCUT2D eigenvalue weighted by Crippen LogP contribution is 2.30. The lowest BCUT2D eigenvalue weighted by Crippen LogP contribution is -2.45. The molecule has 0 aliphatic carbocycles. The normalized spacial score (nSPS) is 19.6. The van der Waals surface area contributed by atoms with Crippen LogP contribution in [0.3, 0.4) is 0 Å². The molecule has 0 radical (unpaired) electrons. The van der Waals surface area contributed by atoms with Crippen molar-refractivity contribution in [1.29, 1.82) is 0 Å². The van der Waals surface area contributed by atoms with Gasteiger partial charge < -0.3 is 14.6 Å². The second kappa shape index (κ2) is 6.24. The molecule has 21 heavy (non-hydrogen) atoms. The van der Waals surface area contributed by atoms with Crippen molar-refractivity contribution in [2.24, 2.45) is 0 Å². The fraction of sp³-hybridized carbons (Fsp3) is 0.467. The summed E-state index contributed by atoms with van der Waals surface area (Å²) in [7, 11) is 1.71. The molecule has 6 heteroatoms. The van der Waals surface area contributed by atoms with E-state index in [9.17, 15) is 0 Å². The molecule has 6 nitrogen and oxygen atoms in total. The minimum absolute atomic E-state index is 0.238. The van der Waals surface area contributed by atoms with Gasteiger partial charge in [0, 0.05) is 25.2 Å². The number of para-hydroxylation sites is 1. The maximum Gasteiger partial charge on any atom is 0.240 e. The summed E-state index contributed by atoms with van der Waals surface area (Å²) < 4.78 is 10.7. The Kier molecular flexibility index (Phi) is 4.17. The lowest BCUT2D eigenvalue weighted by atomic mass is 10.0. The summed E-state index contributed by atoms with van der Waals surface area (Å²) in [6.07, 6.45) is 0. The van der Waals surface area contributed by atoms with Crippen molar-refractivity contribution in [1.82, 2.24) is 20.4 Å². The zero-order valence-corrected chi connectivity index (χ0v) is 12.4. The van der Waals surface area contributed by atoms with Crippen molar-refractivity contribution >= 4 is 0 Å². The third-order valence-corrected chi connectivity index (χ3v) is 3.76. The van der Waals surface area contributed by atoms with Gasteiger partial charge >= 0.3 is 0 Å². The van der Waals surface area contributed by atoms with Crippen molar-refractivity contribution in [3.05, 3.63) is 41.5 Å². The van der Waals surface area contributed by atoms with Gasteiger partial charge in [0.15, 0.2) is 5.82 Å². The van der Waals surface area contributed by atoms with Crippen LogP contribution in [0.25, 0.3) is 0 Å². The summed E-state index contributed by atoms with van der Waals surface area (Å²) in [6.45, 7) is 5.27. The minimum atomic E-state index is 0.238. The summed E-state index contributed by atoms with van der Waals surface area (Å²) >= 11 is 0. The lowest BCUT2D eigenvalue weighted by molar-refractivity contribution is 0.133. The topological polar surface area (TPSA) is 63.4 Å². The molecule has 1 unspecified atom stereocenters. The number of piperazine rings is 1. The lowest BCUT2D eigenvalue weighted by Gasteiger charge is -2.36. The Morgan fingerprint density at radius 1 is 1.43 bits per heavy atom. The Hall–Kier alpha value is -1.92. The Bertz CT molecular complexity index is 599. The maximum absolute atomic E-state index is 5.50. The number of aromatic nitrogens is 2. The summed E-state index contributed by atoms with van der Waals surface area (Å²) in [5, 5.41) is 7.30. The molecule has 1 N–H and O–H groups in total. The van der Waals surface area contributed by atoms with Crippen molar-refractivity contribution < 1.29 is 9.26 Å². The van der Waals surface area contributed by atoms with Crippen molar-refractivity contribution in [3.8, 4) is 5.75 Å². The average Bonchev–Trinajstić information content (AvgIpc) is 2.93. The highest BCUT2D eigenvalue weighted by Gasteiger charge is 2.27. The first-order valence-corrected chi connectivity index (χ1v) is 7.15. The molecule has 2 aromatic rings. The van der Waals surface area contributed by atoms with E-state index in [1.165, 1.54) is 5.56 Å². The molecule has 3 rings (SSSR count). The van der Waals surface area contributed by atoms with Crippen LogP contribution < -0.4 is 10.1 Å². The number of nitrogens with one attached hydrogen (secondary N) is 1. The van der Waals surface area contributed by atoms with Gasteiger partial charge in [-0.2, -0.15) is 4.98 Å². The SMILES string of the molecule is COc1ccccc1C1CNCCN1Cc1nc(C)no1. The second-order valence-corrected chi connectivity index (χ2v) is 5.17. The van der Waals surface area contributed by atoms with Crippen LogP contribution in [-0.2, 0) is 6.54 Å². The number of ether oxygens (including phenoxy) is 1. The molecule has 0 saturated carbocycles. The predicted octanol–water partition coefficient (Wildman–Crippen LogP) is 1.53. The van der Waals surface area contributed by atoms with Gasteiger partial charge in [-0.05, 0) is 13.0 Å². The molecule has 0 spiro atoms. The number of rotatable bonds is 4. The Balaban J connectivity index is 1.84. The second-order valence-electron chi connectivity index (χ2n) is 5.17. The summed E-state index contributed by atoms with van der Waals surface area (Å²) in [4.78, 5) is 6.65. The van der Waals surface area contributed by atoms with Crippen LogP contribution in [0.2, 0.25) is 0 Å². The molecule has 2 heterocycles. The number of nitrogens with zero attached hydrogens (tertiary/aromatic N) is 3. The van der Waals surface area contributed by atoms with Crippen LogP contribution in [0, 0.1) is 6.92 Å². The van der Waals surface area contributed by atoms with Gasteiger partial charge in [0.2, 0.25) is 5.89 Å². The number of hydrogen-bond acceptors (Lipinski definition) is 6. The first-order chi connectivity index (χ1) is 10.3. The van der Waals surface area contributed by atoms with Gasteiger partial charge in [-0.3, -0.25) is 4.90 Å². The number of hydrogen-bond donors (Lipinski definition) is 1. The van der Waals surface area contributed by atoms with Crippen molar-refractivity contribution in [2.45, 2.75) is 19.5 Å². The van der Waals surface area contributed by atoms with Crippen LogP contribution >= 0.6 is 0 Å². The highest BCUT2D eigenvalue weighted by molar-refractivity contribution is 5.36. The first-order valence-electron chi connectivity index (χ1n) is 7.15. The smallest absolute Gasteiger partial charge is 0.240 e. The molecule has 1 aliphatic heterocycles. The summed E-state index contributed by atoms with van der Waals surface area (Å²) in [5.41, 5.74) is 1.18. The highest BCUT2D eigenvalue weighted by atomic mass is 16.5. The average molecular weight is 288 g/mol. The maximum atomic E-state index is 5.50. The molecule has 0 bridgehead atoms. The molecule has 1 fully saturated rings. The van der Waals surface area contributed by atoms with Crippen molar-refractivity contribution in [2.75, 3.05) is 26.7 Å². The molecule has 1 aromatic heterocycles. The van der Waals surface area contributed by atoms with E-state index < -0.39 is 0 Å². The van der Waals surface area contributed by atoms with E-state index in [1.807, 2.05) is 25.1 Å². The summed E-state index contributed by atoms with van der Waals surface area (Å²) in [6, 6.07) is 8.38. The molecule has 112 valence electrons. The van der Waals surface area contributed by atoms with Gasteiger partial charge in [0.25, 0.3) is 0 Å². The van der Waals surface area contributed by atoms with Gasteiger partial charge in [-0.25, -0.2) is 0 Å². The Morgan fingerprint density at radius 2 is 2.29 bits per heavy atom. The predicted molar refractivity (Wildman–Crippen MR) is 78.0 cm³/mol. The first kappa shape index (κ1) is 14.0. The van der Waals surface area contributed by atoms with Crippen LogP contribution in [0.4, 0.5) is 0 Å². The van der Waals surface area contributed by atoms with Gasteiger partial charge in [-0.15, -0.1) is 0 Å². The molecular weight excluding hydrogens is 268 g/mol. The molecule has 0 amide bonds. The van der Waals surface area contributed by atoms with E-state index in [1.54, 1.807) is 7.11 Å². The molecular formula is C15H20N4O2. The van der Waals surface area contributed by atoms with Gasteiger partial charge in [0.05, 0.1) is 19.7 Å². The molecule has 1 aliphatic rings. The van der Waals surface area contributed by atoms with Gasteiger partial charge in [0.1, 0.15) is 5.75 Å². The van der Waals surface area contributed by atoms with Crippen molar-refractivity contribution in [3.63, 3.8) is 0 Å². The minimum Gasteiger partial charge on any atom is -0.496 e. The van der Waals surface area contributed by atoms with Crippen LogP contribution in [0.5, 0.6) is 5.75 Å².